The number of hydrogen-bond acceptors (Lipinski definition) is 2. The third kappa shape index (κ3) is 5.54. The second-order valence-corrected chi connectivity index (χ2v) is 7.47. The summed E-state index contributed by atoms with van der Waals surface area (Å²) >= 11 is 3.36. The zero-order chi connectivity index (χ0) is 19.9. The maximum atomic E-state index is 12.3. The molecule has 3 aromatic carbocycles. The highest BCUT2D eigenvalue weighted by Gasteiger charge is 2.07. The monoisotopic (exact) mass is 436 g/mol. The lowest BCUT2D eigenvalue weighted by Crippen LogP contribution is -2.24. The Bertz CT molecular complexity index is 967. The molecule has 5 heteroatoms. The van der Waals surface area contributed by atoms with Gasteiger partial charge in [0, 0.05) is 28.7 Å². The molecule has 0 aliphatic heterocycles. The third-order valence-corrected chi connectivity index (χ3v) is 4.82. The van der Waals surface area contributed by atoms with Crippen molar-refractivity contribution in [1.29, 1.82) is 0 Å². The summed E-state index contributed by atoms with van der Waals surface area (Å²) in [5, 5.41) is 5.80. The van der Waals surface area contributed by atoms with Crippen molar-refractivity contribution in [3.05, 3.63) is 105 Å². The predicted octanol–water partition coefficient (Wildman–Crippen LogP) is 4.62. The van der Waals surface area contributed by atoms with Gasteiger partial charge in [-0.1, -0.05) is 64.0 Å². The predicted molar refractivity (Wildman–Crippen MR) is 114 cm³/mol. The van der Waals surface area contributed by atoms with E-state index in [0.29, 0.717) is 24.2 Å². The van der Waals surface area contributed by atoms with Crippen LogP contribution in [0.5, 0.6) is 0 Å². The van der Waals surface area contributed by atoms with Gasteiger partial charge in [-0.2, -0.15) is 0 Å². The van der Waals surface area contributed by atoms with E-state index in [1.807, 2.05) is 55.5 Å². The number of carbonyl (C=O) groups excluding carboxylic acids is 2. The Labute approximate surface area is 173 Å². The van der Waals surface area contributed by atoms with Crippen molar-refractivity contribution < 1.29 is 9.59 Å². The van der Waals surface area contributed by atoms with E-state index in [9.17, 15) is 9.59 Å². The van der Waals surface area contributed by atoms with Crippen molar-refractivity contribution in [2.75, 3.05) is 0 Å². The zero-order valence-corrected chi connectivity index (χ0v) is 17.1. The van der Waals surface area contributed by atoms with Crippen LogP contribution in [0.15, 0.2) is 77.3 Å². The molecule has 142 valence electrons. The summed E-state index contributed by atoms with van der Waals surface area (Å²) in [6.45, 7) is 2.92. The van der Waals surface area contributed by atoms with Gasteiger partial charge in [-0.25, -0.2) is 0 Å². The summed E-state index contributed by atoms with van der Waals surface area (Å²) in [5.41, 5.74) is 4.37. The van der Waals surface area contributed by atoms with Gasteiger partial charge in [-0.05, 0) is 48.4 Å². The van der Waals surface area contributed by atoms with Gasteiger partial charge >= 0.3 is 0 Å². The first-order valence-electron chi connectivity index (χ1n) is 8.98. The maximum Gasteiger partial charge on any atom is 0.251 e. The number of carbonyl (C=O) groups is 2. The minimum atomic E-state index is -0.138. The van der Waals surface area contributed by atoms with Crippen LogP contribution in [0.3, 0.4) is 0 Å². The average Bonchev–Trinajstić information content (AvgIpc) is 2.71. The summed E-state index contributed by atoms with van der Waals surface area (Å²) < 4.78 is 0.862. The van der Waals surface area contributed by atoms with E-state index in [1.54, 1.807) is 24.3 Å². The highest BCUT2D eigenvalue weighted by molar-refractivity contribution is 9.10. The Morgan fingerprint density at radius 1 is 0.750 bits per heavy atom. The largest absolute Gasteiger partial charge is 0.348 e. The summed E-state index contributed by atoms with van der Waals surface area (Å²) in [6, 6.07) is 22.5. The Morgan fingerprint density at radius 2 is 1.29 bits per heavy atom. The minimum absolute atomic E-state index is 0.120. The van der Waals surface area contributed by atoms with Crippen LogP contribution in [-0.2, 0) is 13.1 Å². The number of rotatable bonds is 6. The molecule has 0 heterocycles. The zero-order valence-electron chi connectivity index (χ0n) is 15.5. The van der Waals surface area contributed by atoms with E-state index in [2.05, 4.69) is 26.6 Å². The Hall–Kier alpha value is -2.92. The van der Waals surface area contributed by atoms with Crippen molar-refractivity contribution in [3.63, 3.8) is 0 Å². The summed E-state index contributed by atoms with van der Waals surface area (Å²) in [7, 11) is 0. The van der Waals surface area contributed by atoms with E-state index < -0.39 is 0 Å². The van der Waals surface area contributed by atoms with Gasteiger partial charge in [0.1, 0.15) is 0 Å². The van der Waals surface area contributed by atoms with Crippen molar-refractivity contribution in [1.82, 2.24) is 10.6 Å². The highest BCUT2D eigenvalue weighted by atomic mass is 79.9. The minimum Gasteiger partial charge on any atom is -0.348 e. The van der Waals surface area contributed by atoms with Gasteiger partial charge in [0.25, 0.3) is 11.8 Å². The molecule has 0 aliphatic rings. The lowest BCUT2D eigenvalue weighted by Gasteiger charge is -2.08. The third-order valence-electron chi connectivity index (χ3n) is 4.33. The number of benzene rings is 3. The fourth-order valence-electron chi connectivity index (χ4n) is 2.68. The van der Waals surface area contributed by atoms with E-state index in [-0.39, 0.29) is 11.8 Å². The highest BCUT2D eigenvalue weighted by Crippen LogP contribution is 2.12. The molecule has 2 N–H and O–H groups in total. The molecule has 0 unspecified atom stereocenters. The topological polar surface area (TPSA) is 58.2 Å². The number of amides is 2. The molecule has 28 heavy (non-hydrogen) atoms. The van der Waals surface area contributed by atoms with Gasteiger partial charge in [-0.15, -0.1) is 0 Å². The summed E-state index contributed by atoms with van der Waals surface area (Å²) in [5.74, 6) is -0.258. The van der Waals surface area contributed by atoms with E-state index in [4.69, 9.17) is 0 Å². The molecule has 0 bridgehead atoms. The van der Waals surface area contributed by atoms with Crippen LogP contribution >= 0.6 is 15.9 Å². The molecule has 3 rings (SSSR count). The first kappa shape index (κ1) is 19.8. The van der Waals surface area contributed by atoms with Crippen LogP contribution in [0.4, 0.5) is 0 Å². The molecule has 0 saturated carbocycles. The van der Waals surface area contributed by atoms with Crippen LogP contribution in [0.2, 0.25) is 0 Å². The lowest BCUT2D eigenvalue weighted by molar-refractivity contribution is 0.0941. The first-order valence-corrected chi connectivity index (χ1v) is 9.77. The standard InChI is InChI=1S/C23H21BrN2O2/c1-16-5-7-17(8-6-16)14-25-22(27)19-11-9-18(10-12-19)15-26-23(28)20-3-2-4-21(24)13-20/h2-13H,14-15H2,1H3,(H,25,27)(H,26,28). The quantitative estimate of drug-likeness (QED) is 0.592. The van der Waals surface area contributed by atoms with Gasteiger partial charge in [-0.3, -0.25) is 9.59 Å². The maximum absolute atomic E-state index is 12.3. The van der Waals surface area contributed by atoms with Crippen LogP contribution in [0.25, 0.3) is 0 Å². The Kier molecular flexibility index (Phi) is 6.61. The van der Waals surface area contributed by atoms with E-state index >= 15 is 0 Å². The second-order valence-electron chi connectivity index (χ2n) is 6.56. The molecule has 0 radical (unpaired) electrons. The summed E-state index contributed by atoms with van der Waals surface area (Å²) in [4.78, 5) is 24.5. The molecule has 0 saturated heterocycles. The lowest BCUT2D eigenvalue weighted by atomic mass is 10.1. The molecule has 0 fully saturated rings. The molecule has 0 aromatic heterocycles. The van der Waals surface area contributed by atoms with Crippen molar-refractivity contribution in [3.8, 4) is 0 Å². The number of halogens is 1. The van der Waals surface area contributed by atoms with Crippen molar-refractivity contribution in [2.24, 2.45) is 0 Å². The summed E-state index contributed by atoms with van der Waals surface area (Å²) in [6.07, 6.45) is 0. The van der Waals surface area contributed by atoms with Gasteiger partial charge in [0.05, 0.1) is 0 Å². The second kappa shape index (κ2) is 9.33. The fraction of sp³-hybridized carbons (Fsp3) is 0.130. The van der Waals surface area contributed by atoms with Gasteiger partial charge in [0.15, 0.2) is 0 Å². The normalized spacial score (nSPS) is 10.4. The SMILES string of the molecule is Cc1ccc(CNC(=O)c2ccc(CNC(=O)c3cccc(Br)c3)cc2)cc1. The number of aryl methyl sites for hydroxylation is 1. The van der Waals surface area contributed by atoms with E-state index in [1.165, 1.54) is 5.56 Å². The average molecular weight is 437 g/mol. The van der Waals surface area contributed by atoms with Crippen LogP contribution in [0.1, 0.15) is 37.4 Å². The van der Waals surface area contributed by atoms with Crippen LogP contribution in [-0.4, -0.2) is 11.8 Å². The van der Waals surface area contributed by atoms with Crippen LogP contribution in [0, 0.1) is 6.92 Å². The smallest absolute Gasteiger partial charge is 0.251 e. The molecule has 4 nitrogen and oxygen atoms in total. The molecule has 0 spiro atoms. The molecular weight excluding hydrogens is 416 g/mol. The van der Waals surface area contributed by atoms with Crippen molar-refractivity contribution >= 4 is 27.7 Å². The molecular formula is C23H21BrN2O2. The molecule has 0 atom stereocenters. The van der Waals surface area contributed by atoms with E-state index in [0.717, 1.165) is 15.6 Å². The van der Waals surface area contributed by atoms with Gasteiger partial charge < -0.3 is 10.6 Å². The molecule has 2 amide bonds. The van der Waals surface area contributed by atoms with Gasteiger partial charge in [0.2, 0.25) is 0 Å². The molecule has 3 aromatic rings. The molecule has 0 aliphatic carbocycles. The number of nitrogens with one attached hydrogen (secondary N) is 2. The fourth-order valence-corrected chi connectivity index (χ4v) is 3.08. The Balaban J connectivity index is 1.52. The van der Waals surface area contributed by atoms with Crippen LogP contribution < -0.4 is 10.6 Å². The Morgan fingerprint density at radius 3 is 1.86 bits per heavy atom. The number of hydrogen-bond donors (Lipinski definition) is 2. The first-order chi connectivity index (χ1) is 13.5. The van der Waals surface area contributed by atoms with Crippen molar-refractivity contribution in [2.45, 2.75) is 20.0 Å².